The smallest absolute Gasteiger partial charge is 0.159 e. The van der Waals surface area contributed by atoms with Gasteiger partial charge in [0.15, 0.2) is 11.2 Å². The third-order valence-electron chi connectivity index (χ3n) is 18.5. The molecule has 1 spiro atoms. The first kappa shape index (κ1) is 47.7. The number of benzene rings is 10. The summed E-state index contributed by atoms with van der Waals surface area (Å²) in [4.78, 5) is 4.91. The fourth-order valence-electron chi connectivity index (χ4n) is 14.5. The van der Waals surface area contributed by atoms with Crippen molar-refractivity contribution in [1.29, 1.82) is 0 Å². The molecule has 3 aliphatic carbocycles. The molecule has 13 aromatic rings. The molecule has 0 bridgehead atoms. The van der Waals surface area contributed by atoms with Crippen molar-refractivity contribution in [2.24, 2.45) is 11.8 Å². The predicted octanol–water partition coefficient (Wildman–Crippen LogP) is 21.2. The highest BCUT2D eigenvalue weighted by Gasteiger charge is 2.55. The molecule has 0 N–H and O–H groups in total. The molecule has 1 unspecified atom stereocenters. The molecule has 10 aromatic carbocycles. The van der Waals surface area contributed by atoms with Crippen LogP contribution in [0.5, 0.6) is 0 Å². The summed E-state index contributed by atoms with van der Waals surface area (Å²) in [7, 11) is 0. The van der Waals surface area contributed by atoms with E-state index in [1.165, 1.54) is 38.9 Å². The van der Waals surface area contributed by atoms with Crippen molar-refractivity contribution in [1.82, 2.24) is 0 Å². The van der Waals surface area contributed by atoms with Crippen LogP contribution in [0.3, 0.4) is 0 Å². The van der Waals surface area contributed by atoms with Crippen molar-refractivity contribution in [2.45, 2.75) is 64.7 Å². The fraction of sp³-hybridized carbons (Fsp3) is 0.158. The van der Waals surface area contributed by atoms with E-state index >= 15 is 0 Å². The van der Waals surface area contributed by atoms with Gasteiger partial charge in [0.25, 0.3) is 0 Å². The minimum Gasteiger partial charge on any atom is -0.455 e. The van der Waals surface area contributed by atoms with Crippen LogP contribution >= 0.6 is 0 Å². The summed E-state index contributed by atoms with van der Waals surface area (Å²) in [6.07, 6.45) is 8.14. The Bertz CT molecular complexity index is 4760. The minimum atomic E-state index is -0.819. The number of fused-ring (bicyclic) bond motifs is 19. The summed E-state index contributed by atoms with van der Waals surface area (Å²) in [6.45, 7) is 14.0. The van der Waals surface area contributed by atoms with E-state index in [1.54, 1.807) is 0 Å². The van der Waals surface area contributed by atoms with Gasteiger partial charge >= 0.3 is 0 Å². The summed E-state index contributed by atoms with van der Waals surface area (Å²) < 4.78 is 21.5. The molecule has 0 amide bonds. The topological polar surface area (TPSA) is 45.9 Å². The van der Waals surface area contributed by atoms with E-state index < -0.39 is 5.41 Å². The molecule has 3 aliphatic rings. The Morgan fingerprint density at radius 3 is 1.54 bits per heavy atom. The Kier molecular flexibility index (Phi) is 10.3. The molecule has 0 aliphatic heterocycles. The maximum absolute atomic E-state index is 7.51. The number of allylic oxidation sites excluding steroid dienone is 3. The SMILES string of the molecule is CC(C)c1ccc(N(c2cccc3c2oc2ccccc23)c2cc3c(c4oc5ccccc5c24)-c2ccc(N(C4=CCC(C(C)C)C=C4)c4cccc5c4oc4ccccc45)cc2C32c3ccccc3C(C)(C)c3ccccc32)cc1. The molecule has 0 radical (unpaired) electrons. The first-order valence-corrected chi connectivity index (χ1v) is 28.8. The van der Waals surface area contributed by atoms with E-state index in [4.69, 9.17) is 13.3 Å². The van der Waals surface area contributed by atoms with Crippen LogP contribution in [0.25, 0.3) is 76.9 Å². The second-order valence-electron chi connectivity index (χ2n) is 23.9. The highest BCUT2D eigenvalue weighted by molar-refractivity contribution is 6.21. The average molecular weight is 1050 g/mol. The van der Waals surface area contributed by atoms with E-state index in [1.807, 2.05) is 0 Å². The number of hydrogen-bond donors (Lipinski definition) is 0. The molecule has 0 saturated carbocycles. The second kappa shape index (κ2) is 17.6. The van der Waals surface area contributed by atoms with Crippen LogP contribution < -0.4 is 9.80 Å². The van der Waals surface area contributed by atoms with Gasteiger partial charge in [0.05, 0.1) is 27.9 Å². The highest BCUT2D eigenvalue weighted by atomic mass is 16.3. The fourth-order valence-corrected chi connectivity index (χ4v) is 14.5. The standard InChI is InChI=1S/C76H60N2O3/c1-45(2)47-33-37-49(38-34-47)77(64-28-17-22-54-52-19-7-14-30-67(52)79-72(54)64)51-41-42-56-62(43-51)76(60-26-12-10-24-58(60)75(5,6)59-25-11-13-27-61(59)76)63-44-66(71-57-21-9-16-32-69(57)81-74(71)70(56)63)78(50-39-35-48(36-40-50)46(3)4)65-29-18-23-55-53-20-8-15-31-68(53)80-73(55)65/h7-33,35-47H,34H2,1-6H3. The maximum Gasteiger partial charge on any atom is 0.159 e. The van der Waals surface area contributed by atoms with Crippen LogP contribution in [0.2, 0.25) is 0 Å². The normalized spacial score (nSPS) is 15.8. The van der Waals surface area contributed by atoms with Crippen LogP contribution in [0.4, 0.5) is 28.4 Å². The van der Waals surface area contributed by atoms with E-state index in [0.29, 0.717) is 17.8 Å². The van der Waals surface area contributed by atoms with Crippen molar-refractivity contribution < 1.29 is 13.3 Å². The Morgan fingerprint density at radius 1 is 0.444 bits per heavy atom. The summed E-state index contributed by atoms with van der Waals surface area (Å²) in [5.74, 6) is 1.32. The van der Waals surface area contributed by atoms with Crippen LogP contribution in [0, 0.1) is 11.8 Å². The third-order valence-corrected chi connectivity index (χ3v) is 18.5. The molecule has 16 rings (SSSR count). The molecule has 3 heterocycles. The zero-order valence-electron chi connectivity index (χ0n) is 46.4. The lowest BCUT2D eigenvalue weighted by Crippen LogP contribution is -2.40. The molecule has 0 saturated heterocycles. The molecule has 5 nitrogen and oxygen atoms in total. The number of rotatable bonds is 8. The van der Waals surface area contributed by atoms with E-state index in [-0.39, 0.29) is 5.41 Å². The van der Waals surface area contributed by atoms with Crippen molar-refractivity contribution >= 4 is 94.3 Å². The van der Waals surface area contributed by atoms with Crippen molar-refractivity contribution in [2.75, 3.05) is 9.80 Å². The van der Waals surface area contributed by atoms with Gasteiger partial charge in [0.2, 0.25) is 0 Å². The van der Waals surface area contributed by atoms with Gasteiger partial charge < -0.3 is 23.1 Å². The maximum atomic E-state index is 7.51. The lowest BCUT2D eigenvalue weighted by molar-refractivity contribution is 0.466. The van der Waals surface area contributed by atoms with E-state index in [2.05, 4.69) is 276 Å². The van der Waals surface area contributed by atoms with Gasteiger partial charge in [-0.3, -0.25) is 0 Å². The molecule has 392 valence electrons. The Morgan fingerprint density at radius 2 is 0.963 bits per heavy atom. The quantitative estimate of drug-likeness (QED) is 0.152. The van der Waals surface area contributed by atoms with Gasteiger partial charge in [-0.05, 0) is 135 Å². The van der Waals surface area contributed by atoms with Crippen LogP contribution in [0.15, 0.2) is 243 Å². The molecular weight excluding hydrogens is 989 g/mol. The lowest BCUT2D eigenvalue weighted by Gasteiger charge is -2.47. The molecule has 81 heavy (non-hydrogen) atoms. The number of para-hydroxylation sites is 5. The molecule has 3 aromatic heterocycles. The Labute approximate surface area is 471 Å². The average Bonchev–Trinajstić information content (AvgIpc) is 4.47. The first-order chi connectivity index (χ1) is 39.6. The zero-order valence-corrected chi connectivity index (χ0v) is 46.4. The summed E-state index contributed by atoms with van der Waals surface area (Å²) >= 11 is 0. The predicted molar refractivity (Wildman–Crippen MR) is 335 cm³/mol. The van der Waals surface area contributed by atoms with Crippen LogP contribution in [-0.4, -0.2) is 0 Å². The highest BCUT2D eigenvalue weighted by Crippen LogP contribution is 2.66. The van der Waals surface area contributed by atoms with E-state index in [9.17, 15) is 0 Å². The number of furan rings is 3. The first-order valence-electron chi connectivity index (χ1n) is 28.8. The van der Waals surface area contributed by atoms with Crippen LogP contribution in [0.1, 0.15) is 92.8 Å². The molecule has 0 fully saturated rings. The van der Waals surface area contributed by atoms with Gasteiger partial charge in [0, 0.05) is 55.0 Å². The van der Waals surface area contributed by atoms with Gasteiger partial charge in [-0.1, -0.05) is 199 Å². The number of nitrogens with zero attached hydrogens (tertiary/aromatic N) is 2. The van der Waals surface area contributed by atoms with Gasteiger partial charge in [-0.25, -0.2) is 0 Å². The van der Waals surface area contributed by atoms with Gasteiger partial charge in [-0.2, -0.15) is 0 Å². The lowest BCUT2D eigenvalue weighted by atomic mass is 9.55. The molecule has 1 atom stereocenters. The van der Waals surface area contributed by atoms with Crippen molar-refractivity contribution in [3.8, 4) is 11.1 Å². The van der Waals surface area contributed by atoms with Crippen LogP contribution in [-0.2, 0) is 10.8 Å². The zero-order chi connectivity index (χ0) is 54.5. The second-order valence-corrected chi connectivity index (χ2v) is 23.9. The molecule has 5 heteroatoms. The molecular formula is C76H60N2O3. The monoisotopic (exact) mass is 1050 g/mol. The largest absolute Gasteiger partial charge is 0.455 e. The summed E-state index contributed by atoms with van der Waals surface area (Å²) in [5, 5.41) is 6.46. The van der Waals surface area contributed by atoms with Gasteiger partial charge in [-0.15, -0.1) is 0 Å². The van der Waals surface area contributed by atoms with Crippen molar-refractivity contribution in [3.05, 3.63) is 269 Å². The van der Waals surface area contributed by atoms with E-state index in [0.717, 1.165) is 117 Å². The number of anilines is 5. The summed E-state index contributed by atoms with van der Waals surface area (Å²) in [5.41, 5.74) is 21.2. The Hall–Kier alpha value is -9.32. The van der Waals surface area contributed by atoms with Crippen molar-refractivity contribution in [3.63, 3.8) is 0 Å². The van der Waals surface area contributed by atoms with Gasteiger partial charge in [0.1, 0.15) is 22.3 Å². The number of hydrogen-bond acceptors (Lipinski definition) is 5. The third kappa shape index (κ3) is 6.72. The minimum absolute atomic E-state index is 0.319. The summed E-state index contributed by atoms with van der Waals surface area (Å²) in [6, 6.07) is 76.0. The Balaban J connectivity index is 1.04.